The molecule has 0 atom stereocenters. The van der Waals surface area contributed by atoms with Crippen LogP contribution in [0, 0.1) is 13.8 Å². The molecule has 0 aliphatic heterocycles. The lowest BCUT2D eigenvalue weighted by Gasteiger charge is -2.13. The van der Waals surface area contributed by atoms with Crippen LogP contribution in [0.15, 0.2) is 36.4 Å². The minimum absolute atomic E-state index is 0.422. The van der Waals surface area contributed by atoms with Crippen molar-refractivity contribution in [1.82, 2.24) is 9.55 Å². The van der Waals surface area contributed by atoms with E-state index < -0.39 is 0 Å². The minimum atomic E-state index is 0.422. The molecule has 4 nitrogen and oxygen atoms in total. The first kappa shape index (κ1) is 18.7. The maximum Gasteiger partial charge on any atom is 0.148 e. The molecule has 0 saturated heterocycles. The molecule has 0 aliphatic carbocycles. The Morgan fingerprint density at radius 3 is 2.81 bits per heavy atom. The Kier molecular flexibility index (Phi) is 6.17. The molecule has 0 radical (unpaired) electrons. The quantitative estimate of drug-likeness (QED) is 0.502. The molecule has 0 fully saturated rings. The largest absolute Gasteiger partial charge is 0.485 e. The monoisotopic (exact) mass is 372 g/mol. The summed E-state index contributed by atoms with van der Waals surface area (Å²) >= 11 is 6.14. The van der Waals surface area contributed by atoms with Crippen molar-refractivity contribution in [3.8, 4) is 5.75 Å². The topological polar surface area (TPSA) is 36.3 Å². The molecular formula is C21H25ClN2O2. The summed E-state index contributed by atoms with van der Waals surface area (Å²) in [6, 6.07) is 11.9. The lowest BCUT2D eigenvalue weighted by Crippen LogP contribution is -2.09. The van der Waals surface area contributed by atoms with Gasteiger partial charge < -0.3 is 14.0 Å². The van der Waals surface area contributed by atoms with E-state index >= 15 is 0 Å². The van der Waals surface area contributed by atoms with Crippen molar-refractivity contribution in [1.29, 1.82) is 0 Å². The number of benzene rings is 2. The summed E-state index contributed by atoms with van der Waals surface area (Å²) in [5, 5.41) is 0.693. The van der Waals surface area contributed by atoms with Gasteiger partial charge in [-0.25, -0.2) is 4.98 Å². The van der Waals surface area contributed by atoms with Gasteiger partial charge in [-0.15, -0.1) is 0 Å². The maximum atomic E-state index is 6.14. The van der Waals surface area contributed by atoms with Crippen LogP contribution in [-0.2, 0) is 17.9 Å². The van der Waals surface area contributed by atoms with E-state index in [2.05, 4.69) is 24.5 Å². The van der Waals surface area contributed by atoms with Crippen LogP contribution in [0.4, 0.5) is 0 Å². The highest BCUT2D eigenvalue weighted by molar-refractivity contribution is 6.31. The van der Waals surface area contributed by atoms with E-state index in [0.717, 1.165) is 54.4 Å². The molecule has 0 saturated carbocycles. The summed E-state index contributed by atoms with van der Waals surface area (Å²) in [5.74, 6) is 1.80. The number of aromatic nitrogens is 2. The fourth-order valence-electron chi connectivity index (χ4n) is 3.00. The normalized spacial score (nSPS) is 11.2. The Labute approximate surface area is 159 Å². The Balaban J connectivity index is 1.84. The number of rotatable bonds is 8. The van der Waals surface area contributed by atoms with Gasteiger partial charge in [-0.3, -0.25) is 0 Å². The number of fused-ring (bicyclic) bond motifs is 1. The molecule has 0 spiro atoms. The van der Waals surface area contributed by atoms with Crippen LogP contribution in [0.1, 0.15) is 30.3 Å². The molecule has 3 rings (SSSR count). The Morgan fingerprint density at radius 2 is 2.00 bits per heavy atom. The third-order valence-electron chi connectivity index (χ3n) is 4.58. The second-order valence-electron chi connectivity index (χ2n) is 6.35. The van der Waals surface area contributed by atoms with Gasteiger partial charge in [0.2, 0.25) is 0 Å². The fraction of sp³-hybridized carbons (Fsp3) is 0.381. The minimum Gasteiger partial charge on any atom is -0.485 e. The molecule has 2 aromatic carbocycles. The van der Waals surface area contributed by atoms with Gasteiger partial charge in [0.25, 0.3) is 0 Å². The molecular weight excluding hydrogens is 348 g/mol. The molecule has 0 bridgehead atoms. The first-order valence-electron chi connectivity index (χ1n) is 9.01. The first-order valence-corrected chi connectivity index (χ1v) is 9.39. The summed E-state index contributed by atoms with van der Waals surface area (Å²) in [6.07, 6.45) is 0.929. The van der Waals surface area contributed by atoms with Crippen LogP contribution in [0.3, 0.4) is 0 Å². The summed E-state index contributed by atoms with van der Waals surface area (Å²) < 4.78 is 13.8. The van der Waals surface area contributed by atoms with E-state index in [1.807, 2.05) is 37.3 Å². The van der Waals surface area contributed by atoms with Gasteiger partial charge in [-0.05, 0) is 62.6 Å². The average molecular weight is 373 g/mol. The third-order valence-corrected chi connectivity index (χ3v) is 4.81. The van der Waals surface area contributed by atoms with Crippen LogP contribution in [0.25, 0.3) is 11.0 Å². The highest BCUT2D eigenvalue weighted by atomic mass is 35.5. The molecule has 138 valence electrons. The highest BCUT2D eigenvalue weighted by Crippen LogP contribution is 2.24. The van der Waals surface area contributed by atoms with Crippen molar-refractivity contribution >= 4 is 22.6 Å². The van der Waals surface area contributed by atoms with Crippen LogP contribution in [-0.4, -0.2) is 22.8 Å². The number of nitrogens with zero attached hydrogens (tertiary/aromatic N) is 2. The van der Waals surface area contributed by atoms with Gasteiger partial charge in [-0.2, -0.15) is 0 Å². The van der Waals surface area contributed by atoms with Gasteiger partial charge in [0.15, 0.2) is 0 Å². The number of aryl methyl sites for hydroxylation is 2. The Bertz CT molecular complexity index is 889. The molecule has 5 heteroatoms. The number of ether oxygens (including phenoxy) is 2. The number of imidazole rings is 1. The van der Waals surface area contributed by atoms with Crippen LogP contribution in [0.5, 0.6) is 5.75 Å². The van der Waals surface area contributed by atoms with Crippen molar-refractivity contribution in [2.24, 2.45) is 0 Å². The molecule has 0 amide bonds. The second kappa shape index (κ2) is 8.56. The molecule has 0 aliphatic rings. The average Bonchev–Trinajstić information content (AvgIpc) is 2.96. The van der Waals surface area contributed by atoms with Crippen molar-refractivity contribution in [3.63, 3.8) is 0 Å². The van der Waals surface area contributed by atoms with Crippen molar-refractivity contribution in [2.45, 2.75) is 40.3 Å². The summed E-state index contributed by atoms with van der Waals surface area (Å²) in [7, 11) is 0. The van der Waals surface area contributed by atoms with Crippen LogP contribution in [0.2, 0.25) is 5.02 Å². The van der Waals surface area contributed by atoms with Crippen molar-refractivity contribution in [3.05, 3.63) is 58.4 Å². The van der Waals surface area contributed by atoms with Gasteiger partial charge in [0.1, 0.15) is 18.2 Å². The van der Waals surface area contributed by atoms with E-state index in [1.165, 1.54) is 5.56 Å². The molecule has 1 aromatic heterocycles. The zero-order chi connectivity index (χ0) is 18.5. The maximum absolute atomic E-state index is 6.14. The lowest BCUT2D eigenvalue weighted by molar-refractivity contribution is 0.141. The summed E-state index contributed by atoms with van der Waals surface area (Å²) in [6.45, 7) is 8.92. The number of halogens is 1. The molecule has 0 unspecified atom stereocenters. The molecule has 3 aromatic rings. The van der Waals surface area contributed by atoms with Crippen molar-refractivity contribution < 1.29 is 9.47 Å². The van der Waals surface area contributed by atoms with Gasteiger partial charge in [0.05, 0.1) is 11.0 Å². The van der Waals surface area contributed by atoms with E-state index in [4.69, 9.17) is 26.1 Å². The predicted octanol–water partition coefficient (Wildman–Crippen LogP) is 5.31. The zero-order valence-electron chi connectivity index (χ0n) is 15.6. The van der Waals surface area contributed by atoms with Gasteiger partial charge in [0, 0.05) is 24.8 Å². The first-order chi connectivity index (χ1) is 12.6. The predicted molar refractivity (Wildman–Crippen MR) is 106 cm³/mol. The van der Waals surface area contributed by atoms with E-state index in [1.54, 1.807) is 0 Å². The lowest BCUT2D eigenvalue weighted by atomic mass is 10.1. The zero-order valence-corrected chi connectivity index (χ0v) is 16.3. The smallest absolute Gasteiger partial charge is 0.148 e. The second-order valence-corrected chi connectivity index (χ2v) is 6.79. The van der Waals surface area contributed by atoms with E-state index in [9.17, 15) is 0 Å². The van der Waals surface area contributed by atoms with Crippen LogP contribution >= 0.6 is 11.6 Å². The van der Waals surface area contributed by atoms with Gasteiger partial charge >= 0.3 is 0 Å². The summed E-state index contributed by atoms with van der Waals surface area (Å²) in [5.41, 5.74) is 4.35. The van der Waals surface area contributed by atoms with Crippen LogP contribution < -0.4 is 4.74 Å². The van der Waals surface area contributed by atoms with E-state index in [0.29, 0.717) is 11.6 Å². The molecule has 1 heterocycles. The Morgan fingerprint density at radius 1 is 1.15 bits per heavy atom. The SMILES string of the molecule is CCOCCCn1c(COc2cccc(C)c2C)nc2cc(Cl)ccc21. The molecule has 0 N–H and O–H groups in total. The van der Waals surface area contributed by atoms with Crippen molar-refractivity contribution in [2.75, 3.05) is 13.2 Å². The number of hydrogen-bond acceptors (Lipinski definition) is 3. The standard InChI is InChI=1S/C21H25ClN2O2/c1-4-25-12-6-11-24-19-10-9-17(22)13-18(19)23-21(24)14-26-20-8-5-7-15(2)16(20)3/h5,7-10,13H,4,6,11-12,14H2,1-3H3. The third kappa shape index (κ3) is 4.19. The summed E-state index contributed by atoms with van der Waals surface area (Å²) in [4.78, 5) is 4.75. The fourth-order valence-corrected chi connectivity index (χ4v) is 3.17. The Hall–Kier alpha value is -2.04. The highest BCUT2D eigenvalue weighted by Gasteiger charge is 2.12. The van der Waals surface area contributed by atoms with Gasteiger partial charge in [-0.1, -0.05) is 23.7 Å². The van der Waals surface area contributed by atoms with E-state index in [-0.39, 0.29) is 0 Å². The number of hydrogen-bond donors (Lipinski definition) is 0. The molecule has 26 heavy (non-hydrogen) atoms.